The van der Waals surface area contributed by atoms with Crippen LogP contribution < -0.4 is 0 Å². The molecule has 11 heteroatoms. The minimum absolute atomic E-state index is 0.0706. The Labute approximate surface area is 246 Å². The van der Waals surface area contributed by atoms with Gasteiger partial charge in [-0.15, -0.1) is 18.3 Å². The summed E-state index contributed by atoms with van der Waals surface area (Å²) < 4.78 is 14.1. The summed E-state index contributed by atoms with van der Waals surface area (Å²) in [6, 6.07) is 5.72. The molecule has 0 saturated carbocycles. The third-order valence-electron chi connectivity index (χ3n) is 9.41. The number of ether oxygens (including phenoxy) is 2. The lowest BCUT2D eigenvalue weighted by molar-refractivity contribution is -0.164. The molecule has 3 aliphatic heterocycles. The number of unbranched alkanes of at least 4 members (excludes halogenated alkanes) is 2. The van der Waals surface area contributed by atoms with Gasteiger partial charge in [-0.1, -0.05) is 36.4 Å². The SMILES string of the molecule is C=CCCCCOC(=O)[C@@H]1[C@H]2C(=O)N([C@H](C)CO)C(C(=O)N(CC=C)Cn3nnc4ccccc43)C23CC(C)[C@@]1(C)O3. The van der Waals surface area contributed by atoms with Gasteiger partial charge in [-0.25, -0.2) is 4.68 Å². The van der Waals surface area contributed by atoms with Crippen molar-refractivity contribution in [3.05, 3.63) is 49.6 Å². The molecule has 2 bridgehead atoms. The smallest absolute Gasteiger partial charge is 0.312 e. The van der Waals surface area contributed by atoms with Crippen molar-refractivity contribution < 1.29 is 29.0 Å². The molecule has 0 radical (unpaired) electrons. The van der Waals surface area contributed by atoms with Crippen LogP contribution in [0.25, 0.3) is 11.0 Å². The number of carbonyl (C=O) groups is 3. The summed E-state index contributed by atoms with van der Waals surface area (Å²) in [5.41, 5.74) is -0.772. The number of benzene rings is 1. The number of fused-ring (bicyclic) bond motifs is 2. The minimum atomic E-state index is -1.25. The number of amides is 2. The molecule has 2 aromatic rings. The van der Waals surface area contributed by atoms with Crippen LogP contribution in [0.5, 0.6) is 0 Å². The molecule has 1 N–H and O–H groups in total. The maximum atomic E-state index is 14.6. The summed E-state index contributed by atoms with van der Waals surface area (Å²) in [5, 5.41) is 18.6. The van der Waals surface area contributed by atoms with Crippen LogP contribution in [-0.2, 0) is 30.5 Å². The van der Waals surface area contributed by atoms with Crippen molar-refractivity contribution in [3.8, 4) is 0 Å². The van der Waals surface area contributed by atoms with Crippen molar-refractivity contribution in [2.24, 2.45) is 17.8 Å². The average molecular weight is 580 g/mol. The second-order valence-corrected chi connectivity index (χ2v) is 12.0. The number of allylic oxidation sites excluding steroid dienone is 1. The number of hydrogen-bond acceptors (Lipinski definition) is 8. The lowest BCUT2D eigenvalue weighted by Gasteiger charge is -2.38. The zero-order valence-corrected chi connectivity index (χ0v) is 24.6. The first-order valence-electron chi connectivity index (χ1n) is 14.7. The van der Waals surface area contributed by atoms with Gasteiger partial charge in [0.15, 0.2) is 0 Å². The van der Waals surface area contributed by atoms with Crippen LogP contribution >= 0.6 is 0 Å². The highest BCUT2D eigenvalue weighted by molar-refractivity contribution is 5.98. The zero-order chi connectivity index (χ0) is 30.2. The molecule has 11 nitrogen and oxygen atoms in total. The van der Waals surface area contributed by atoms with Crippen LogP contribution in [0, 0.1) is 17.8 Å². The number of aliphatic hydroxyl groups is 1. The normalized spacial score (nSPS) is 30.4. The van der Waals surface area contributed by atoms with Crippen molar-refractivity contribution >= 4 is 28.8 Å². The zero-order valence-electron chi connectivity index (χ0n) is 24.6. The van der Waals surface area contributed by atoms with Crippen LogP contribution in [0.1, 0.15) is 46.5 Å². The van der Waals surface area contributed by atoms with Crippen molar-refractivity contribution in [3.63, 3.8) is 0 Å². The molecule has 0 aliphatic carbocycles. The number of likely N-dealkylation sites (tertiary alicyclic amines) is 1. The first kappa shape index (κ1) is 29.9. The molecule has 5 rings (SSSR count). The highest BCUT2D eigenvalue weighted by Crippen LogP contribution is 2.65. The molecule has 42 heavy (non-hydrogen) atoms. The monoisotopic (exact) mass is 579 g/mol. The molecule has 4 heterocycles. The fraction of sp³-hybridized carbons (Fsp3) is 0.581. The number of aliphatic hydroxyl groups excluding tert-OH is 1. The number of nitrogens with zero attached hydrogens (tertiary/aromatic N) is 5. The third-order valence-corrected chi connectivity index (χ3v) is 9.41. The summed E-state index contributed by atoms with van der Waals surface area (Å²) in [5.74, 6) is -3.10. The van der Waals surface area contributed by atoms with Crippen molar-refractivity contribution in [1.82, 2.24) is 24.8 Å². The molecule has 7 atom stereocenters. The maximum absolute atomic E-state index is 14.6. The predicted octanol–water partition coefficient (Wildman–Crippen LogP) is 2.69. The first-order valence-corrected chi connectivity index (χ1v) is 14.7. The standard InChI is InChI=1S/C31H41N5O6/c1-6-8-9-12-16-41-29(40)25-24-27(38)36(21(4)18-37)26(31(24)17-20(3)30(25,5)42-31)28(39)34(15-7-2)19-35-23-14-11-10-13-22(23)32-33-35/h6-7,10-11,13-14,20-21,24-26,37H,1-2,8-9,12,15-19H2,3-5H3/t20?,21-,24+,25+,26?,30-,31?/m1/s1. The second kappa shape index (κ2) is 11.6. The predicted molar refractivity (Wildman–Crippen MR) is 155 cm³/mol. The number of hydrogen-bond donors (Lipinski definition) is 1. The molecule has 2 amide bonds. The Kier molecular flexibility index (Phi) is 8.26. The Morgan fingerprint density at radius 1 is 1.29 bits per heavy atom. The van der Waals surface area contributed by atoms with Gasteiger partial charge in [0.25, 0.3) is 0 Å². The number of carbonyl (C=O) groups excluding carboxylic acids is 3. The Balaban J connectivity index is 1.50. The largest absolute Gasteiger partial charge is 0.465 e. The van der Waals surface area contributed by atoms with E-state index in [0.717, 1.165) is 18.4 Å². The van der Waals surface area contributed by atoms with E-state index >= 15 is 0 Å². The lowest BCUT2D eigenvalue weighted by Crippen LogP contribution is -2.58. The van der Waals surface area contributed by atoms with Crippen LogP contribution in [0.2, 0.25) is 0 Å². The topological polar surface area (TPSA) is 127 Å². The number of aromatic nitrogens is 3. The molecule has 226 valence electrons. The van der Waals surface area contributed by atoms with Gasteiger partial charge in [-0.2, -0.15) is 0 Å². The first-order chi connectivity index (χ1) is 20.1. The van der Waals surface area contributed by atoms with E-state index in [1.807, 2.05) is 44.2 Å². The van der Waals surface area contributed by atoms with E-state index in [-0.39, 0.29) is 44.2 Å². The van der Waals surface area contributed by atoms with Gasteiger partial charge in [0.1, 0.15) is 29.7 Å². The summed E-state index contributed by atoms with van der Waals surface area (Å²) in [7, 11) is 0. The van der Waals surface area contributed by atoms with Gasteiger partial charge in [-0.05, 0) is 57.6 Å². The van der Waals surface area contributed by atoms with E-state index < -0.39 is 41.1 Å². The Morgan fingerprint density at radius 2 is 2.05 bits per heavy atom. The molecule has 1 aromatic heterocycles. The highest BCUT2D eigenvalue weighted by Gasteiger charge is 2.80. The van der Waals surface area contributed by atoms with E-state index in [2.05, 4.69) is 23.5 Å². The fourth-order valence-electron chi connectivity index (χ4n) is 7.26. The summed E-state index contributed by atoms with van der Waals surface area (Å²) >= 11 is 0. The van der Waals surface area contributed by atoms with E-state index in [0.29, 0.717) is 18.4 Å². The lowest BCUT2D eigenvalue weighted by atomic mass is 9.62. The van der Waals surface area contributed by atoms with Crippen molar-refractivity contribution in [1.29, 1.82) is 0 Å². The van der Waals surface area contributed by atoms with Crippen LogP contribution in [0.3, 0.4) is 0 Å². The van der Waals surface area contributed by atoms with Gasteiger partial charge < -0.3 is 24.4 Å². The fourth-order valence-corrected chi connectivity index (χ4v) is 7.26. The van der Waals surface area contributed by atoms with Gasteiger partial charge in [-0.3, -0.25) is 14.4 Å². The summed E-state index contributed by atoms with van der Waals surface area (Å²) in [6.45, 7) is 13.2. The number of rotatable bonds is 13. The number of para-hydroxylation sites is 1. The Hall–Kier alpha value is -3.57. The molecule has 3 aliphatic rings. The second-order valence-electron chi connectivity index (χ2n) is 12.0. The number of esters is 1. The van der Waals surface area contributed by atoms with E-state index in [9.17, 15) is 19.5 Å². The van der Waals surface area contributed by atoms with Gasteiger partial charge in [0.2, 0.25) is 11.8 Å². The van der Waals surface area contributed by atoms with Gasteiger partial charge in [0.05, 0.1) is 36.3 Å². The maximum Gasteiger partial charge on any atom is 0.312 e. The van der Waals surface area contributed by atoms with E-state index in [4.69, 9.17) is 9.47 Å². The molecule has 1 spiro atoms. The quantitative estimate of drug-likeness (QED) is 0.218. The summed E-state index contributed by atoms with van der Waals surface area (Å²) in [4.78, 5) is 45.5. The van der Waals surface area contributed by atoms with E-state index in [1.54, 1.807) is 22.6 Å². The van der Waals surface area contributed by atoms with Crippen LogP contribution in [0.4, 0.5) is 0 Å². The molecule has 3 unspecified atom stereocenters. The van der Waals surface area contributed by atoms with E-state index in [1.165, 1.54) is 4.90 Å². The molecular formula is C31H41N5O6. The molecule has 3 saturated heterocycles. The Morgan fingerprint density at radius 3 is 2.76 bits per heavy atom. The minimum Gasteiger partial charge on any atom is -0.465 e. The molecular weight excluding hydrogens is 538 g/mol. The van der Waals surface area contributed by atoms with Gasteiger partial charge in [0, 0.05) is 6.54 Å². The average Bonchev–Trinajstić information content (AvgIpc) is 3.65. The van der Waals surface area contributed by atoms with Gasteiger partial charge >= 0.3 is 5.97 Å². The summed E-state index contributed by atoms with van der Waals surface area (Å²) in [6.07, 6.45) is 6.21. The highest BCUT2D eigenvalue weighted by atomic mass is 16.6. The van der Waals surface area contributed by atoms with Crippen LogP contribution in [0.15, 0.2) is 49.6 Å². The van der Waals surface area contributed by atoms with Crippen molar-refractivity contribution in [2.75, 3.05) is 19.8 Å². The third kappa shape index (κ3) is 4.63. The molecule has 1 aromatic carbocycles. The Bertz CT molecular complexity index is 1380. The van der Waals surface area contributed by atoms with Crippen LogP contribution in [-0.4, -0.2) is 90.7 Å². The molecule has 3 fully saturated rings. The van der Waals surface area contributed by atoms with Crippen molar-refractivity contribution in [2.45, 2.75) is 76.4 Å².